The van der Waals surface area contributed by atoms with E-state index >= 15 is 0 Å². The second-order valence-corrected chi connectivity index (χ2v) is 5.15. The lowest BCUT2D eigenvalue weighted by atomic mass is 10.1. The zero-order valence-corrected chi connectivity index (χ0v) is 11.5. The van der Waals surface area contributed by atoms with Crippen LogP contribution in [0.1, 0.15) is 20.7 Å². The van der Waals surface area contributed by atoms with E-state index in [4.69, 9.17) is 0 Å². The van der Waals surface area contributed by atoms with Crippen LogP contribution < -0.4 is 4.90 Å². The summed E-state index contributed by atoms with van der Waals surface area (Å²) in [7, 11) is 0. The van der Waals surface area contributed by atoms with E-state index in [1.807, 2.05) is 18.2 Å². The molecule has 0 fully saturated rings. The highest BCUT2D eigenvalue weighted by molar-refractivity contribution is 6.36. The fourth-order valence-electron chi connectivity index (χ4n) is 2.87. The number of phenolic OH excluding ortho intramolecular Hbond substituents is 1. The van der Waals surface area contributed by atoms with Gasteiger partial charge in [-0.2, -0.15) is 0 Å². The van der Waals surface area contributed by atoms with E-state index < -0.39 is 11.8 Å². The number of carbonyl (C=O) groups is 2. The lowest BCUT2D eigenvalue weighted by Gasteiger charge is -2.18. The molecule has 2 amide bonds. The van der Waals surface area contributed by atoms with E-state index in [9.17, 15) is 14.7 Å². The van der Waals surface area contributed by atoms with Gasteiger partial charge in [-0.1, -0.05) is 42.5 Å². The Morgan fingerprint density at radius 3 is 2.00 bits per heavy atom. The molecule has 1 heterocycles. The minimum absolute atomic E-state index is 0.0896. The molecule has 22 heavy (non-hydrogen) atoms. The number of amides is 2. The van der Waals surface area contributed by atoms with Crippen molar-refractivity contribution in [1.29, 1.82) is 0 Å². The average molecular weight is 289 g/mol. The molecule has 3 aromatic rings. The summed E-state index contributed by atoms with van der Waals surface area (Å²) >= 11 is 0. The number of phenols is 1. The van der Waals surface area contributed by atoms with Gasteiger partial charge < -0.3 is 5.11 Å². The van der Waals surface area contributed by atoms with Crippen molar-refractivity contribution < 1.29 is 14.7 Å². The number of nitrogens with zero attached hydrogens (tertiary/aromatic N) is 1. The summed E-state index contributed by atoms with van der Waals surface area (Å²) in [6.45, 7) is 0. The van der Waals surface area contributed by atoms with Crippen LogP contribution in [0.2, 0.25) is 0 Å². The Labute approximate surface area is 126 Å². The lowest BCUT2D eigenvalue weighted by molar-refractivity contribution is 0.0925. The molecule has 0 radical (unpaired) electrons. The quantitative estimate of drug-likeness (QED) is 0.699. The summed E-state index contributed by atoms with van der Waals surface area (Å²) in [6.07, 6.45) is 0. The van der Waals surface area contributed by atoms with Crippen molar-refractivity contribution in [2.45, 2.75) is 0 Å². The van der Waals surface area contributed by atoms with Crippen LogP contribution >= 0.6 is 0 Å². The largest absolute Gasteiger partial charge is 0.506 e. The van der Waals surface area contributed by atoms with Crippen molar-refractivity contribution in [1.82, 2.24) is 0 Å². The molecule has 4 rings (SSSR count). The number of anilines is 1. The van der Waals surface area contributed by atoms with Crippen molar-refractivity contribution in [2.75, 3.05) is 4.90 Å². The predicted molar refractivity (Wildman–Crippen MR) is 83.2 cm³/mol. The Morgan fingerprint density at radius 1 is 0.727 bits per heavy atom. The van der Waals surface area contributed by atoms with Gasteiger partial charge in [0.05, 0.1) is 11.1 Å². The van der Waals surface area contributed by atoms with Crippen LogP contribution in [0.15, 0.2) is 60.7 Å². The molecule has 0 unspecified atom stereocenters. The van der Waals surface area contributed by atoms with E-state index in [1.54, 1.807) is 36.4 Å². The second-order valence-electron chi connectivity index (χ2n) is 5.15. The fraction of sp³-hybridized carbons (Fsp3) is 0. The van der Waals surface area contributed by atoms with Gasteiger partial charge in [0.15, 0.2) is 0 Å². The van der Waals surface area contributed by atoms with Gasteiger partial charge in [-0.25, -0.2) is 4.90 Å². The highest BCUT2D eigenvalue weighted by Crippen LogP contribution is 2.39. The summed E-state index contributed by atoms with van der Waals surface area (Å²) in [6, 6.07) is 17.3. The minimum atomic E-state index is -0.410. The van der Waals surface area contributed by atoms with Crippen molar-refractivity contribution in [3.63, 3.8) is 0 Å². The molecular formula is C18H11NO3. The number of hydrogen-bond acceptors (Lipinski definition) is 3. The Balaban J connectivity index is 2.00. The van der Waals surface area contributed by atoms with E-state index in [0.717, 1.165) is 10.3 Å². The third kappa shape index (κ3) is 1.58. The summed E-state index contributed by atoms with van der Waals surface area (Å²) in [4.78, 5) is 26.3. The zero-order valence-electron chi connectivity index (χ0n) is 11.5. The van der Waals surface area contributed by atoms with Gasteiger partial charge in [-0.05, 0) is 23.6 Å². The Morgan fingerprint density at radius 2 is 1.32 bits per heavy atom. The monoisotopic (exact) mass is 289 g/mol. The van der Waals surface area contributed by atoms with E-state index in [1.165, 1.54) is 6.07 Å². The van der Waals surface area contributed by atoms with Gasteiger partial charge in [0, 0.05) is 5.39 Å². The summed E-state index contributed by atoms with van der Waals surface area (Å²) in [5.41, 5.74) is 0.962. The maximum atomic E-state index is 12.6. The summed E-state index contributed by atoms with van der Waals surface area (Å²) in [5, 5.41) is 11.8. The predicted octanol–water partition coefficient (Wildman–Crippen LogP) is 3.35. The van der Waals surface area contributed by atoms with Crippen molar-refractivity contribution in [3.8, 4) is 5.75 Å². The number of aromatic hydroxyl groups is 1. The molecule has 0 saturated heterocycles. The first-order valence-corrected chi connectivity index (χ1v) is 6.87. The van der Waals surface area contributed by atoms with Crippen molar-refractivity contribution >= 4 is 28.3 Å². The number of hydrogen-bond donors (Lipinski definition) is 1. The number of rotatable bonds is 1. The van der Waals surface area contributed by atoms with Gasteiger partial charge >= 0.3 is 0 Å². The van der Waals surface area contributed by atoms with Crippen LogP contribution in [0.3, 0.4) is 0 Å². The van der Waals surface area contributed by atoms with Gasteiger partial charge in [0.1, 0.15) is 11.4 Å². The van der Waals surface area contributed by atoms with E-state index in [-0.39, 0.29) is 11.4 Å². The number of fused-ring (bicyclic) bond motifs is 2. The second kappa shape index (κ2) is 4.43. The van der Waals surface area contributed by atoms with Crippen LogP contribution in [-0.4, -0.2) is 16.9 Å². The van der Waals surface area contributed by atoms with Gasteiger partial charge in [0.2, 0.25) is 0 Å². The van der Waals surface area contributed by atoms with Crippen molar-refractivity contribution in [2.24, 2.45) is 0 Å². The van der Waals surface area contributed by atoms with Crippen LogP contribution in [0.25, 0.3) is 10.8 Å². The molecule has 0 aliphatic carbocycles. The molecule has 0 aromatic heterocycles. The Bertz CT molecular complexity index is 911. The first-order valence-electron chi connectivity index (χ1n) is 6.87. The summed E-state index contributed by atoms with van der Waals surface area (Å²) < 4.78 is 0. The van der Waals surface area contributed by atoms with Crippen LogP contribution in [0.4, 0.5) is 5.69 Å². The number of imide groups is 1. The molecule has 1 aliphatic heterocycles. The number of carbonyl (C=O) groups excluding carboxylic acids is 2. The smallest absolute Gasteiger partial charge is 0.266 e. The third-order valence-corrected chi connectivity index (χ3v) is 3.90. The fourth-order valence-corrected chi connectivity index (χ4v) is 2.87. The molecule has 106 valence electrons. The van der Waals surface area contributed by atoms with Crippen LogP contribution in [0.5, 0.6) is 5.75 Å². The molecule has 0 saturated carbocycles. The molecule has 0 spiro atoms. The zero-order chi connectivity index (χ0) is 15.3. The standard InChI is InChI=1S/C18H11NO3/c20-15-10-9-11-5-1-2-6-12(11)16(15)19-17(21)13-7-3-4-8-14(13)18(19)22/h1-10,20H. The highest BCUT2D eigenvalue weighted by atomic mass is 16.3. The highest BCUT2D eigenvalue weighted by Gasteiger charge is 2.38. The SMILES string of the molecule is O=C1c2ccccc2C(=O)N1c1c(O)ccc2ccccc12. The van der Waals surface area contributed by atoms with E-state index in [2.05, 4.69) is 0 Å². The normalized spacial score (nSPS) is 13.7. The molecule has 0 atom stereocenters. The van der Waals surface area contributed by atoms with Crippen LogP contribution in [0, 0.1) is 0 Å². The molecular weight excluding hydrogens is 278 g/mol. The number of benzene rings is 3. The Hall–Kier alpha value is -3.14. The lowest BCUT2D eigenvalue weighted by Crippen LogP contribution is -2.29. The average Bonchev–Trinajstić information content (AvgIpc) is 2.80. The first kappa shape index (κ1) is 12.6. The molecule has 3 aromatic carbocycles. The maximum absolute atomic E-state index is 12.6. The first-order chi connectivity index (χ1) is 10.7. The minimum Gasteiger partial charge on any atom is -0.506 e. The molecule has 1 N–H and O–H groups in total. The van der Waals surface area contributed by atoms with Gasteiger partial charge in [-0.15, -0.1) is 0 Å². The summed E-state index contributed by atoms with van der Waals surface area (Å²) in [5.74, 6) is -0.910. The molecule has 0 bridgehead atoms. The van der Waals surface area contributed by atoms with Crippen LogP contribution in [-0.2, 0) is 0 Å². The molecule has 1 aliphatic rings. The van der Waals surface area contributed by atoms with Gasteiger partial charge in [0.25, 0.3) is 11.8 Å². The third-order valence-electron chi connectivity index (χ3n) is 3.90. The van der Waals surface area contributed by atoms with Crippen molar-refractivity contribution in [3.05, 3.63) is 71.8 Å². The van der Waals surface area contributed by atoms with Gasteiger partial charge in [-0.3, -0.25) is 9.59 Å². The molecule has 4 nitrogen and oxygen atoms in total. The molecule has 4 heteroatoms. The Kier molecular flexibility index (Phi) is 2.53. The van der Waals surface area contributed by atoms with E-state index in [0.29, 0.717) is 16.5 Å². The topological polar surface area (TPSA) is 57.6 Å². The maximum Gasteiger partial charge on any atom is 0.266 e.